The van der Waals surface area contributed by atoms with Gasteiger partial charge in [0.05, 0.1) is 7.82 Å². The molecule has 0 unspecified atom stereocenters. The summed E-state index contributed by atoms with van der Waals surface area (Å²) in [5, 5.41) is 0. The van der Waals surface area contributed by atoms with Gasteiger partial charge in [-0.1, -0.05) is 0 Å². The third-order valence-corrected chi connectivity index (χ3v) is 0. The molecule has 0 radical (unpaired) electrons. The normalized spacial score (nSPS) is 7.67. The molecule has 0 aliphatic heterocycles. The van der Waals surface area contributed by atoms with Crippen LogP contribution in [0.25, 0.3) is 0 Å². The second-order valence-corrected chi connectivity index (χ2v) is 4.13. The molecule has 0 atom stereocenters. The Morgan fingerprint density at radius 2 is 1.44 bits per heavy atom. The van der Waals surface area contributed by atoms with Gasteiger partial charge in [-0.05, 0) is 0 Å². The molecule has 9 heavy (non-hydrogen) atoms. The molecule has 0 aliphatic rings. The Morgan fingerprint density at radius 1 is 1.44 bits per heavy atom. The molecule has 0 saturated heterocycles. The summed E-state index contributed by atoms with van der Waals surface area (Å²) in [6.45, 7) is 0. The van der Waals surface area contributed by atoms with Gasteiger partial charge in [-0.3, -0.25) is 0 Å². The predicted molar refractivity (Wildman–Crippen MR) is 33.0 cm³/mol. The molecule has 0 rings (SSSR count). The first-order valence-corrected chi connectivity index (χ1v) is 7.05. The first-order chi connectivity index (χ1) is 3.41. The fraction of sp³-hybridized carbons (Fsp3) is 0. The Kier molecular flexibility index (Phi) is 19.7. The third-order valence-electron chi connectivity index (χ3n) is 0. The van der Waals surface area contributed by atoms with Crippen molar-refractivity contribution in [1.82, 2.24) is 0 Å². The average molecular weight is 215 g/mol. The van der Waals surface area contributed by atoms with Crippen LogP contribution in [0.4, 0.5) is 0 Å². The van der Waals surface area contributed by atoms with E-state index in [2.05, 4.69) is 0 Å². The molecule has 0 fully saturated rings. The van der Waals surface area contributed by atoms with Crippen LogP contribution in [0.2, 0.25) is 0 Å². The van der Waals surface area contributed by atoms with Crippen LogP contribution in [0.5, 0.6) is 0 Å². The number of phosphoric acid groups is 1. The predicted octanol–water partition coefficient (Wildman–Crippen LogP) is -1.58. The zero-order valence-electron chi connectivity index (χ0n) is 4.29. The topological polar surface area (TPSA) is 83.4 Å². The number of hydrogen-bond acceptors (Lipinski definition) is 3. The quantitative estimate of drug-likeness (QED) is 0.391. The summed E-state index contributed by atoms with van der Waals surface area (Å²) in [4.78, 5) is 24.3. The van der Waals surface area contributed by atoms with Gasteiger partial charge < -0.3 is 37.4 Å². The van der Waals surface area contributed by atoms with E-state index in [1.54, 1.807) is 0 Å². The Labute approximate surface area is 85.6 Å². The van der Waals surface area contributed by atoms with Crippen molar-refractivity contribution in [3.8, 4) is 0 Å². The summed E-state index contributed by atoms with van der Waals surface area (Å²) in [6, 6.07) is 0. The third kappa shape index (κ3) is 140. The summed E-state index contributed by atoms with van der Waals surface area (Å²) < 4.78 is 8.66. The molecule has 0 spiro atoms. The van der Waals surface area contributed by atoms with Crippen molar-refractivity contribution in [3.63, 3.8) is 0 Å². The van der Waals surface area contributed by atoms with Gasteiger partial charge in [0.1, 0.15) is 0 Å². The van der Waals surface area contributed by atoms with Gasteiger partial charge >= 0.3 is 41.2 Å². The summed E-state index contributed by atoms with van der Waals surface area (Å²) in [5.74, 6) is 0. The Hall–Kier alpha value is 2.22. The number of hydrogen-bond donors (Lipinski definition) is 1. The molecular weight excluding hydrogens is 214 g/mol. The minimum absolute atomic E-state index is 0. The molecule has 9 heteroatoms. The minimum atomic E-state index is -5.14. The van der Waals surface area contributed by atoms with Crippen molar-refractivity contribution in [3.05, 3.63) is 0 Å². The first-order valence-electron chi connectivity index (χ1n) is 1.28. The molecule has 0 heterocycles. The molecular formula is HCl2Mg2O4P. The SMILES string of the molecule is O=P([O-])([O-])O.[Cl][Mg][Cl].[Mg+2]. The van der Waals surface area contributed by atoms with Crippen LogP contribution in [0.15, 0.2) is 0 Å². The van der Waals surface area contributed by atoms with Crippen LogP contribution in [-0.2, 0) is 4.57 Å². The second-order valence-electron chi connectivity index (χ2n) is 0.570. The Balaban J connectivity index is -0.0000000800. The van der Waals surface area contributed by atoms with Gasteiger partial charge in [0.15, 0.2) is 0 Å². The molecule has 48 valence electrons. The fourth-order valence-electron chi connectivity index (χ4n) is 0. The van der Waals surface area contributed by atoms with E-state index >= 15 is 0 Å². The van der Waals surface area contributed by atoms with Crippen molar-refractivity contribution >= 4 is 67.2 Å². The van der Waals surface area contributed by atoms with E-state index in [9.17, 15) is 0 Å². The van der Waals surface area contributed by atoms with Crippen LogP contribution in [0.1, 0.15) is 0 Å². The summed E-state index contributed by atoms with van der Waals surface area (Å²) in [7, 11) is 4.67. The molecule has 0 bridgehead atoms. The largest absolute Gasteiger partial charge is 2.00 e. The van der Waals surface area contributed by atoms with Crippen LogP contribution < -0.4 is 9.79 Å². The minimum Gasteiger partial charge on any atom is -0.790 e. The maximum atomic E-state index is 8.66. The van der Waals surface area contributed by atoms with Gasteiger partial charge in [-0.25, -0.2) is 0 Å². The van der Waals surface area contributed by atoms with E-state index < -0.39 is 26.0 Å². The zero-order valence-corrected chi connectivity index (χ0v) is 9.52. The van der Waals surface area contributed by atoms with Gasteiger partial charge in [0.25, 0.3) is 0 Å². The van der Waals surface area contributed by atoms with Crippen molar-refractivity contribution < 1.29 is 19.2 Å². The smallest absolute Gasteiger partial charge is 0.790 e. The number of rotatable bonds is 0. The van der Waals surface area contributed by atoms with Crippen molar-refractivity contribution in [2.24, 2.45) is 0 Å². The Bertz CT molecular complexity index is 72.4. The van der Waals surface area contributed by atoms with E-state index in [4.69, 9.17) is 37.4 Å². The summed E-state index contributed by atoms with van der Waals surface area (Å²) >= 11 is -0.639. The van der Waals surface area contributed by atoms with Crippen LogP contribution >= 0.6 is 26.0 Å². The fourth-order valence-corrected chi connectivity index (χ4v) is 0. The van der Waals surface area contributed by atoms with Gasteiger partial charge in [-0.15, -0.1) is 0 Å². The molecule has 0 saturated carbocycles. The van der Waals surface area contributed by atoms with Crippen LogP contribution in [0, 0.1) is 0 Å². The first kappa shape index (κ1) is 17.3. The molecule has 0 amide bonds. The maximum Gasteiger partial charge on any atom is 2.00 e. The molecule has 1 N–H and O–H groups in total. The van der Waals surface area contributed by atoms with Crippen LogP contribution in [-0.4, -0.2) is 46.1 Å². The van der Waals surface area contributed by atoms with E-state index in [1.807, 2.05) is 0 Å². The van der Waals surface area contributed by atoms with E-state index in [-0.39, 0.29) is 23.1 Å². The molecule has 4 nitrogen and oxygen atoms in total. The maximum absolute atomic E-state index is 8.66. The summed E-state index contributed by atoms with van der Waals surface area (Å²) in [6.07, 6.45) is 0. The Morgan fingerprint density at radius 3 is 1.44 bits per heavy atom. The average Bonchev–Trinajstić information content (AvgIpc) is 1.27. The molecule has 0 aromatic carbocycles. The number of halogens is 2. The monoisotopic (exact) mass is 214 g/mol. The van der Waals surface area contributed by atoms with Gasteiger partial charge in [0, 0.05) is 0 Å². The molecule has 0 aliphatic carbocycles. The zero-order chi connectivity index (χ0) is 7.21. The van der Waals surface area contributed by atoms with Crippen LogP contribution in [0.3, 0.4) is 0 Å². The standard InChI is InChI=1S/2ClH.2Mg.H3O4P/c;;;;1-5(2,3)4/h2*1H;;;(H3,1,2,3,4)/q;;2*+2;/p-4. The van der Waals surface area contributed by atoms with Gasteiger partial charge in [-0.2, -0.15) is 0 Å². The van der Waals surface area contributed by atoms with Gasteiger partial charge in [0.2, 0.25) is 0 Å². The molecule has 0 aromatic heterocycles. The van der Waals surface area contributed by atoms with E-state index in [0.29, 0.717) is 0 Å². The summed E-state index contributed by atoms with van der Waals surface area (Å²) in [5.41, 5.74) is 0. The van der Waals surface area contributed by atoms with Crippen molar-refractivity contribution in [2.75, 3.05) is 0 Å². The van der Waals surface area contributed by atoms with Crippen molar-refractivity contribution in [1.29, 1.82) is 0 Å². The van der Waals surface area contributed by atoms with E-state index in [1.165, 1.54) is 0 Å². The van der Waals surface area contributed by atoms with Crippen molar-refractivity contribution in [2.45, 2.75) is 0 Å². The van der Waals surface area contributed by atoms with E-state index in [0.717, 1.165) is 0 Å². The molecule has 0 aromatic rings. The second kappa shape index (κ2) is 10.2.